The molecule has 0 saturated heterocycles. The maximum Gasteiger partial charge on any atom is 0.435 e. The Kier molecular flexibility index (Phi) is 7.55. The van der Waals surface area contributed by atoms with Crippen LogP contribution in [0.1, 0.15) is 97.6 Å². The summed E-state index contributed by atoms with van der Waals surface area (Å²) in [4.78, 5) is 13.6. The van der Waals surface area contributed by atoms with Crippen molar-refractivity contribution in [2.45, 2.75) is 105 Å². The molecule has 4 rings (SSSR count). The number of ketones is 1. The number of nitrogens with zero attached hydrogens (tertiary/aromatic N) is 2. The van der Waals surface area contributed by atoms with Crippen molar-refractivity contribution in [2.75, 3.05) is 0 Å². The average molecular weight is 481 g/mol. The van der Waals surface area contributed by atoms with Gasteiger partial charge in [0.25, 0.3) is 0 Å². The van der Waals surface area contributed by atoms with E-state index in [1.807, 2.05) is 0 Å². The number of carbonyl (C=O) groups is 1. The zero-order valence-electron chi connectivity index (χ0n) is 21.4. The summed E-state index contributed by atoms with van der Waals surface area (Å²) >= 11 is 0. The van der Waals surface area contributed by atoms with Gasteiger partial charge in [-0.2, -0.15) is 18.3 Å². The first-order valence-electron chi connectivity index (χ1n) is 13.7. The van der Waals surface area contributed by atoms with E-state index in [0.717, 1.165) is 49.5 Å². The third kappa shape index (κ3) is 5.11. The molecule has 0 aromatic carbocycles. The molecule has 0 unspecified atom stereocenters. The lowest BCUT2D eigenvalue weighted by Crippen LogP contribution is -2.38. The number of halogens is 3. The quantitative estimate of drug-likeness (QED) is 0.441. The SMILES string of the molecule is CC[C@@H]1C[C@H](C(=O)Cn2ccc(C(F)(F)F)n2)[C@@]2(C)CC[C@@H](C)[C@H]3CC[C@H](C)C[C@H]3CCC[C@H]12. The normalized spacial score (nSPS) is 39.3. The summed E-state index contributed by atoms with van der Waals surface area (Å²) in [6.07, 6.45) is 8.78. The molecule has 0 aliphatic heterocycles. The number of hydrogen-bond acceptors (Lipinski definition) is 2. The van der Waals surface area contributed by atoms with Crippen LogP contribution in [0.25, 0.3) is 0 Å². The minimum absolute atomic E-state index is 0.0579. The van der Waals surface area contributed by atoms with Crippen LogP contribution in [0.4, 0.5) is 13.2 Å². The Morgan fingerprint density at radius 3 is 2.59 bits per heavy atom. The highest BCUT2D eigenvalue weighted by molar-refractivity contribution is 5.82. The molecule has 1 aromatic heterocycles. The molecule has 3 aliphatic carbocycles. The molecule has 0 N–H and O–H groups in total. The summed E-state index contributed by atoms with van der Waals surface area (Å²) in [6, 6.07) is 0.966. The predicted octanol–water partition coefficient (Wildman–Crippen LogP) is 7.79. The number of alkyl halides is 3. The van der Waals surface area contributed by atoms with Crippen LogP contribution >= 0.6 is 0 Å². The van der Waals surface area contributed by atoms with Gasteiger partial charge < -0.3 is 0 Å². The topological polar surface area (TPSA) is 34.9 Å². The average Bonchev–Trinajstić information content (AvgIpc) is 3.35. The van der Waals surface area contributed by atoms with E-state index in [1.165, 1.54) is 49.4 Å². The summed E-state index contributed by atoms with van der Waals surface area (Å²) in [6.45, 7) is 9.35. The van der Waals surface area contributed by atoms with Gasteiger partial charge in [-0.05, 0) is 85.5 Å². The first-order chi connectivity index (χ1) is 16.0. The van der Waals surface area contributed by atoms with Gasteiger partial charge in [-0.3, -0.25) is 9.48 Å². The first kappa shape index (κ1) is 25.8. The van der Waals surface area contributed by atoms with Crippen LogP contribution in [0.2, 0.25) is 0 Å². The van der Waals surface area contributed by atoms with Gasteiger partial charge in [-0.1, -0.05) is 53.4 Å². The van der Waals surface area contributed by atoms with Crippen molar-refractivity contribution in [1.82, 2.24) is 9.78 Å². The molecule has 34 heavy (non-hydrogen) atoms. The van der Waals surface area contributed by atoms with Crippen LogP contribution in [0.15, 0.2) is 12.3 Å². The van der Waals surface area contributed by atoms with Gasteiger partial charge in [-0.15, -0.1) is 0 Å². The monoisotopic (exact) mass is 480 g/mol. The number of aromatic nitrogens is 2. The molecule has 0 radical (unpaired) electrons. The zero-order valence-corrected chi connectivity index (χ0v) is 21.4. The van der Waals surface area contributed by atoms with Crippen molar-refractivity contribution in [3.63, 3.8) is 0 Å². The summed E-state index contributed by atoms with van der Waals surface area (Å²) in [5.74, 6) is 4.20. The van der Waals surface area contributed by atoms with E-state index in [2.05, 4.69) is 32.8 Å². The number of rotatable bonds is 4. The van der Waals surface area contributed by atoms with Gasteiger partial charge in [-0.25, -0.2) is 0 Å². The molecule has 192 valence electrons. The van der Waals surface area contributed by atoms with Crippen LogP contribution in [0.5, 0.6) is 0 Å². The van der Waals surface area contributed by atoms with Crippen molar-refractivity contribution in [1.29, 1.82) is 0 Å². The smallest absolute Gasteiger partial charge is 0.297 e. The highest BCUT2D eigenvalue weighted by atomic mass is 19.4. The van der Waals surface area contributed by atoms with E-state index in [0.29, 0.717) is 17.8 Å². The van der Waals surface area contributed by atoms with E-state index in [9.17, 15) is 18.0 Å². The maximum absolute atomic E-state index is 13.6. The molecule has 3 saturated carbocycles. The highest BCUT2D eigenvalue weighted by Gasteiger charge is 2.53. The number of fused-ring (bicyclic) bond motifs is 2. The molecule has 3 nitrogen and oxygen atoms in total. The lowest BCUT2D eigenvalue weighted by Gasteiger charge is -2.44. The van der Waals surface area contributed by atoms with Gasteiger partial charge in [0.1, 0.15) is 0 Å². The van der Waals surface area contributed by atoms with E-state index >= 15 is 0 Å². The number of carbonyl (C=O) groups excluding carboxylic acids is 1. The lowest BCUT2D eigenvalue weighted by atomic mass is 9.61. The Morgan fingerprint density at radius 2 is 1.91 bits per heavy atom. The molecular formula is C28H43F3N2O. The second kappa shape index (κ2) is 9.97. The molecular weight excluding hydrogens is 437 g/mol. The van der Waals surface area contributed by atoms with Crippen LogP contribution in [0, 0.1) is 46.8 Å². The Balaban J connectivity index is 1.53. The molecule has 3 fully saturated rings. The molecule has 6 heteroatoms. The molecule has 0 bridgehead atoms. The molecule has 3 aliphatic rings. The Hall–Kier alpha value is -1.33. The fraction of sp³-hybridized carbons (Fsp3) is 0.857. The second-order valence-electron chi connectivity index (χ2n) is 12.2. The molecule has 1 aromatic rings. The third-order valence-corrected chi connectivity index (χ3v) is 10.2. The van der Waals surface area contributed by atoms with E-state index < -0.39 is 11.9 Å². The van der Waals surface area contributed by atoms with Crippen LogP contribution in [-0.4, -0.2) is 15.6 Å². The van der Waals surface area contributed by atoms with Crippen molar-refractivity contribution < 1.29 is 18.0 Å². The lowest BCUT2D eigenvalue weighted by molar-refractivity contribution is -0.142. The van der Waals surface area contributed by atoms with Gasteiger partial charge in [0.2, 0.25) is 0 Å². The Labute approximate surface area is 203 Å². The molecule has 1 heterocycles. The predicted molar refractivity (Wildman–Crippen MR) is 128 cm³/mol. The minimum atomic E-state index is -4.48. The van der Waals surface area contributed by atoms with E-state index in [4.69, 9.17) is 0 Å². The summed E-state index contributed by atoms with van der Waals surface area (Å²) in [5, 5.41) is 3.65. The Bertz CT molecular complexity index is 849. The summed E-state index contributed by atoms with van der Waals surface area (Å²) < 4.78 is 40.2. The summed E-state index contributed by atoms with van der Waals surface area (Å²) in [7, 11) is 0. The largest absolute Gasteiger partial charge is 0.435 e. The van der Waals surface area contributed by atoms with Crippen LogP contribution < -0.4 is 0 Å². The van der Waals surface area contributed by atoms with Gasteiger partial charge in [0.05, 0.1) is 6.54 Å². The number of Topliss-reactive ketones (excluding diaryl/α,β-unsaturated/α-hetero) is 1. The van der Waals surface area contributed by atoms with E-state index in [1.54, 1.807) is 0 Å². The van der Waals surface area contributed by atoms with Gasteiger partial charge in [0.15, 0.2) is 11.5 Å². The molecule has 8 atom stereocenters. The van der Waals surface area contributed by atoms with Crippen molar-refractivity contribution in [3.05, 3.63) is 18.0 Å². The van der Waals surface area contributed by atoms with Crippen molar-refractivity contribution in [2.24, 2.45) is 46.8 Å². The first-order valence-corrected chi connectivity index (χ1v) is 13.7. The molecule has 0 amide bonds. The van der Waals surface area contributed by atoms with Gasteiger partial charge in [0, 0.05) is 12.1 Å². The van der Waals surface area contributed by atoms with Crippen molar-refractivity contribution in [3.8, 4) is 0 Å². The maximum atomic E-state index is 13.6. The van der Waals surface area contributed by atoms with Crippen molar-refractivity contribution >= 4 is 5.78 Å². The van der Waals surface area contributed by atoms with E-state index in [-0.39, 0.29) is 23.7 Å². The highest BCUT2D eigenvalue weighted by Crippen LogP contribution is 2.58. The zero-order chi connectivity index (χ0) is 24.7. The second-order valence-corrected chi connectivity index (χ2v) is 12.2. The van der Waals surface area contributed by atoms with Crippen LogP contribution in [0.3, 0.4) is 0 Å². The minimum Gasteiger partial charge on any atom is -0.297 e. The molecule has 0 spiro atoms. The fourth-order valence-corrected chi connectivity index (χ4v) is 8.24. The fourth-order valence-electron chi connectivity index (χ4n) is 8.24. The van der Waals surface area contributed by atoms with Crippen LogP contribution in [-0.2, 0) is 17.5 Å². The Morgan fingerprint density at radius 1 is 1.15 bits per heavy atom. The van der Waals surface area contributed by atoms with Gasteiger partial charge >= 0.3 is 6.18 Å². The standard InChI is InChI=1S/C28H43F3N2O/c1-5-20-16-24(25(34)17-33-14-12-26(32-33)28(29,30)31)27(4)13-11-19(3)22-10-9-18(2)15-21(22)7-6-8-23(20)27/h12,14,18-24H,5-11,13,15-17H2,1-4H3/t18-,19+,20+,21+,22+,23+,24+,27-/m0/s1. The summed E-state index contributed by atoms with van der Waals surface area (Å²) in [5.41, 5.74) is -0.994. The number of hydrogen-bond donors (Lipinski definition) is 0. The third-order valence-electron chi connectivity index (χ3n) is 10.2.